The van der Waals surface area contributed by atoms with Gasteiger partial charge in [-0.1, -0.05) is 0 Å². The first-order chi connectivity index (χ1) is 9.43. The second-order valence-corrected chi connectivity index (χ2v) is 6.58. The molecule has 0 bridgehead atoms. The Morgan fingerprint density at radius 3 is 1.90 bits per heavy atom. The summed E-state index contributed by atoms with van der Waals surface area (Å²) >= 11 is 0. The minimum Gasteiger partial charge on any atom is -0.480 e. The molecule has 0 radical (unpaired) electrons. The van der Waals surface area contributed by atoms with Gasteiger partial charge in [-0.05, 0) is 46.5 Å². The van der Waals surface area contributed by atoms with Crippen molar-refractivity contribution in [1.29, 1.82) is 0 Å². The van der Waals surface area contributed by atoms with Crippen LogP contribution in [0.25, 0.3) is 0 Å². The fraction of sp³-hybridized carbons (Fsp3) is 0.857. The topological polar surface area (TPSA) is 57.6 Å². The summed E-state index contributed by atoms with van der Waals surface area (Å²) in [7, 11) is 0. The molecule has 1 rings (SSSR count). The van der Waals surface area contributed by atoms with Crippen molar-refractivity contribution in [2.45, 2.75) is 58.2 Å². The van der Waals surface area contributed by atoms with Gasteiger partial charge in [0.1, 0.15) is 6.54 Å². The average Bonchev–Trinajstić information content (AvgIpc) is 2.33. The maximum atomic E-state index is 12.6. The number of nitrogens with zero attached hydrogens (tertiary/aromatic N) is 1. The molecule has 0 heterocycles. The molecule has 0 spiro atoms. The van der Waals surface area contributed by atoms with E-state index in [0.29, 0.717) is 0 Å². The zero-order valence-corrected chi connectivity index (χ0v) is 12.5. The molecule has 0 aromatic rings. The quantitative estimate of drug-likeness (QED) is 0.871. The van der Waals surface area contributed by atoms with Crippen LogP contribution in [0.2, 0.25) is 0 Å². The third-order valence-corrected chi connectivity index (χ3v) is 3.91. The highest BCUT2D eigenvalue weighted by Crippen LogP contribution is 2.40. The van der Waals surface area contributed by atoms with Crippen molar-refractivity contribution in [3.8, 4) is 0 Å². The zero-order valence-electron chi connectivity index (χ0n) is 12.5. The molecule has 1 fully saturated rings. The summed E-state index contributed by atoms with van der Waals surface area (Å²) in [6.45, 7) is 4.72. The van der Waals surface area contributed by atoms with Crippen LogP contribution in [0.4, 0.5) is 13.2 Å². The Hall–Kier alpha value is -1.27. The molecule has 0 saturated heterocycles. The molecule has 1 amide bonds. The van der Waals surface area contributed by atoms with Crippen LogP contribution < -0.4 is 0 Å². The summed E-state index contributed by atoms with van der Waals surface area (Å²) in [6.07, 6.45) is -4.01. The average molecular weight is 309 g/mol. The SMILES string of the molecule is CC(C)(C)N(CC(=O)O)C(=O)C1CCC(C(F)(F)F)CC1. The minimum atomic E-state index is -4.21. The summed E-state index contributed by atoms with van der Waals surface area (Å²) in [6, 6.07) is 0. The molecule has 1 aliphatic rings. The van der Waals surface area contributed by atoms with Gasteiger partial charge in [-0.15, -0.1) is 0 Å². The second-order valence-electron chi connectivity index (χ2n) is 6.58. The molecule has 1 aliphatic carbocycles. The Kier molecular flexibility index (Phi) is 5.28. The number of hydrogen-bond donors (Lipinski definition) is 1. The van der Waals surface area contributed by atoms with Crippen molar-refractivity contribution in [3.63, 3.8) is 0 Å². The number of carboxylic acid groups (broad SMARTS) is 1. The number of carbonyl (C=O) groups is 2. The summed E-state index contributed by atoms with van der Waals surface area (Å²) in [4.78, 5) is 24.5. The van der Waals surface area contributed by atoms with E-state index in [1.807, 2.05) is 0 Å². The van der Waals surface area contributed by atoms with Crippen molar-refractivity contribution >= 4 is 11.9 Å². The monoisotopic (exact) mass is 309 g/mol. The zero-order chi connectivity index (χ0) is 16.4. The van der Waals surface area contributed by atoms with E-state index >= 15 is 0 Å². The predicted molar refractivity (Wildman–Crippen MR) is 70.6 cm³/mol. The maximum absolute atomic E-state index is 12.6. The minimum absolute atomic E-state index is 0.0645. The van der Waals surface area contributed by atoms with Gasteiger partial charge in [0.05, 0.1) is 5.92 Å². The van der Waals surface area contributed by atoms with Gasteiger partial charge < -0.3 is 10.0 Å². The first-order valence-electron chi connectivity index (χ1n) is 7.03. The van der Waals surface area contributed by atoms with E-state index in [-0.39, 0.29) is 31.6 Å². The van der Waals surface area contributed by atoms with Gasteiger partial charge in [0.2, 0.25) is 5.91 Å². The molecule has 122 valence electrons. The van der Waals surface area contributed by atoms with Crippen molar-refractivity contribution in [1.82, 2.24) is 4.90 Å². The predicted octanol–water partition coefficient (Wildman–Crippen LogP) is 3.07. The molecular formula is C14H22F3NO3. The molecule has 0 aliphatic heterocycles. The van der Waals surface area contributed by atoms with E-state index in [1.165, 1.54) is 4.90 Å². The summed E-state index contributed by atoms with van der Waals surface area (Å²) in [5.74, 6) is -3.33. The standard InChI is InChI=1S/C14H22F3NO3/c1-13(2,3)18(8-11(19)20)12(21)9-4-6-10(7-5-9)14(15,16)17/h9-10H,4-8H2,1-3H3,(H,19,20). The molecule has 4 nitrogen and oxygen atoms in total. The van der Waals surface area contributed by atoms with Gasteiger partial charge >= 0.3 is 12.1 Å². The normalized spacial score (nSPS) is 23.7. The molecule has 1 saturated carbocycles. The maximum Gasteiger partial charge on any atom is 0.391 e. The summed E-state index contributed by atoms with van der Waals surface area (Å²) < 4.78 is 37.8. The fourth-order valence-electron chi connectivity index (χ4n) is 2.67. The smallest absolute Gasteiger partial charge is 0.391 e. The van der Waals surface area contributed by atoms with Gasteiger partial charge in [-0.2, -0.15) is 13.2 Å². The van der Waals surface area contributed by atoms with Gasteiger partial charge in [0, 0.05) is 11.5 Å². The Morgan fingerprint density at radius 2 is 1.57 bits per heavy atom. The molecule has 0 atom stereocenters. The summed E-state index contributed by atoms with van der Waals surface area (Å²) in [5.41, 5.74) is -0.670. The highest BCUT2D eigenvalue weighted by molar-refractivity contribution is 5.83. The van der Waals surface area contributed by atoms with Crippen molar-refractivity contribution < 1.29 is 27.9 Å². The highest BCUT2D eigenvalue weighted by atomic mass is 19.4. The molecule has 0 aromatic carbocycles. The molecular weight excluding hydrogens is 287 g/mol. The van der Waals surface area contributed by atoms with Gasteiger partial charge in [-0.3, -0.25) is 9.59 Å². The van der Waals surface area contributed by atoms with Crippen LogP contribution in [0, 0.1) is 11.8 Å². The molecule has 0 unspecified atom stereocenters. The van der Waals surface area contributed by atoms with Crippen molar-refractivity contribution in [2.24, 2.45) is 11.8 Å². The Bertz CT molecular complexity index is 393. The molecule has 0 aromatic heterocycles. The van der Waals surface area contributed by atoms with E-state index in [1.54, 1.807) is 20.8 Å². The van der Waals surface area contributed by atoms with E-state index in [4.69, 9.17) is 5.11 Å². The van der Waals surface area contributed by atoms with Crippen molar-refractivity contribution in [2.75, 3.05) is 6.54 Å². The van der Waals surface area contributed by atoms with E-state index in [9.17, 15) is 22.8 Å². The number of hydrogen-bond acceptors (Lipinski definition) is 2. The lowest BCUT2D eigenvalue weighted by atomic mass is 9.80. The van der Waals surface area contributed by atoms with Crippen LogP contribution in [-0.4, -0.2) is 40.1 Å². The molecule has 1 N–H and O–H groups in total. The van der Waals surface area contributed by atoms with Gasteiger partial charge in [0.15, 0.2) is 0 Å². The highest BCUT2D eigenvalue weighted by Gasteiger charge is 2.43. The van der Waals surface area contributed by atoms with Crippen LogP contribution in [0.5, 0.6) is 0 Å². The number of alkyl halides is 3. The third kappa shape index (κ3) is 4.89. The van der Waals surface area contributed by atoms with Crippen LogP contribution in [0.1, 0.15) is 46.5 Å². The molecule has 7 heteroatoms. The van der Waals surface area contributed by atoms with Crippen LogP contribution in [0.3, 0.4) is 0 Å². The second kappa shape index (κ2) is 6.23. The number of amides is 1. The van der Waals surface area contributed by atoms with Crippen LogP contribution >= 0.6 is 0 Å². The first-order valence-corrected chi connectivity index (χ1v) is 7.03. The van der Waals surface area contributed by atoms with E-state index in [2.05, 4.69) is 0 Å². The fourth-order valence-corrected chi connectivity index (χ4v) is 2.67. The lowest BCUT2D eigenvalue weighted by Crippen LogP contribution is -2.51. The Labute approximate surface area is 122 Å². The van der Waals surface area contributed by atoms with Crippen LogP contribution in [-0.2, 0) is 9.59 Å². The first kappa shape index (κ1) is 17.8. The summed E-state index contributed by atoms with van der Waals surface area (Å²) in [5, 5.41) is 8.90. The Balaban J connectivity index is 2.72. The van der Waals surface area contributed by atoms with E-state index in [0.717, 1.165) is 0 Å². The third-order valence-electron chi connectivity index (χ3n) is 3.91. The number of aliphatic carboxylic acids is 1. The lowest BCUT2D eigenvalue weighted by Gasteiger charge is -2.39. The van der Waals surface area contributed by atoms with Crippen LogP contribution in [0.15, 0.2) is 0 Å². The molecule has 21 heavy (non-hydrogen) atoms. The number of carbonyl (C=O) groups excluding carboxylic acids is 1. The lowest BCUT2D eigenvalue weighted by molar-refractivity contribution is -0.185. The number of halogens is 3. The van der Waals surface area contributed by atoms with E-state index < -0.39 is 36.1 Å². The Morgan fingerprint density at radius 1 is 1.10 bits per heavy atom. The van der Waals surface area contributed by atoms with Gasteiger partial charge in [0.25, 0.3) is 0 Å². The largest absolute Gasteiger partial charge is 0.480 e. The number of rotatable bonds is 3. The number of carboxylic acids is 1. The van der Waals surface area contributed by atoms with Gasteiger partial charge in [-0.25, -0.2) is 0 Å². The van der Waals surface area contributed by atoms with Crippen molar-refractivity contribution in [3.05, 3.63) is 0 Å².